The van der Waals surface area contributed by atoms with Gasteiger partial charge in [0.15, 0.2) is 5.65 Å². The largest absolute Gasteiger partial charge is 0.433 e. The first-order valence-corrected chi connectivity index (χ1v) is 10.1. The molecule has 0 aliphatic carbocycles. The molecule has 0 unspecified atom stereocenters. The van der Waals surface area contributed by atoms with Crippen molar-refractivity contribution in [2.75, 3.05) is 13.1 Å². The van der Waals surface area contributed by atoms with Crippen LogP contribution in [0.25, 0.3) is 16.9 Å². The fraction of sp³-hybridized carbons (Fsp3) is 0.273. The van der Waals surface area contributed by atoms with Crippen molar-refractivity contribution in [3.05, 3.63) is 71.3 Å². The topological polar surface area (TPSA) is 79.2 Å². The second kappa shape index (κ2) is 7.47. The van der Waals surface area contributed by atoms with Gasteiger partial charge in [0.05, 0.1) is 11.4 Å². The van der Waals surface area contributed by atoms with Gasteiger partial charge in [-0.2, -0.15) is 23.4 Å². The molecule has 164 valence electrons. The van der Waals surface area contributed by atoms with E-state index in [-0.39, 0.29) is 23.2 Å². The molecular weight excluding hydrogens is 421 g/mol. The molecule has 32 heavy (non-hydrogen) atoms. The zero-order valence-corrected chi connectivity index (χ0v) is 17.1. The number of hydrogen-bond donors (Lipinski definition) is 1. The number of aromatic amines is 1. The van der Waals surface area contributed by atoms with Crippen molar-refractivity contribution in [1.82, 2.24) is 29.7 Å². The number of H-pyrrole nitrogens is 1. The first kappa shape index (κ1) is 20.2. The van der Waals surface area contributed by atoms with E-state index >= 15 is 0 Å². The van der Waals surface area contributed by atoms with Gasteiger partial charge < -0.3 is 4.90 Å². The summed E-state index contributed by atoms with van der Waals surface area (Å²) >= 11 is 0. The summed E-state index contributed by atoms with van der Waals surface area (Å²) in [6, 6.07) is 13.8. The molecule has 0 spiro atoms. The number of benzene rings is 1. The molecule has 3 aromatic heterocycles. The number of rotatable bonds is 3. The summed E-state index contributed by atoms with van der Waals surface area (Å²) < 4.78 is 41.1. The zero-order valence-electron chi connectivity index (χ0n) is 17.1. The van der Waals surface area contributed by atoms with Gasteiger partial charge in [0.1, 0.15) is 11.4 Å². The van der Waals surface area contributed by atoms with Crippen LogP contribution in [0.3, 0.4) is 0 Å². The second-order valence-electron chi connectivity index (χ2n) is 7.89. The predicted molar refractivity (Wildman–Crippen MR) is 110 cm³/mol. The van der Waals surface area contributed by atoms with Crippen molar-refractivity contribution >= 4 is 11.6 Å². The Morgan fingerprint density at radius 2 is 1.94 bits per heavy atom. The summed E-state index contributed by atoms with van der Waals surface area (Å²) in [5.74, 6) is -0.366. The van der Waals surface area contributed by atoms with Gasteiger partial charge >= 0.3 is 6.18 Å². The van der Waals surface area contributed by atoms with Crippen LogP contribution in [0.4, 0.5) is 13.2 Å². The number of alkyl halides is 3. The standard InChI is InChI=1S/C22H19F3N6O/c1-13-9-19(22(23,24)25)31-20(26-13)11-17(29-31)15-7-8-30(12-15)21(32)18-10-16(27-28-18)14-5-3-2-4-6-14/h2-6,9-11,15H,7-8,12H2,1H3,(H,27,28)/t15-/m0/s1. The number of nitrogens with zero attached hydrogens (tertiary/aromatic N) is 5. The van der Waals surface area contributed by atoms with Crippen LogP contribution < -0.4 is 0 Å². The number of nitrogens with one attached hydrogen (secondary N) is 1. The lowest BCUT2D eigenvalue weighted by atomic mass is 10.1. The molecule has 0 saturated carbocycles. The monoisotopic (exact) mass is 440 g/mol. The third-order valence-corrected chi connectivity index (χ3v) is 5.64. The average Bonchev–Trinajstić information content (AvgIpc) is 3.51. The first-order chi connectivity index (χ1) is 15.3. The minimum Gasteiger partial charge on any atom is -0.337 e. The number of carbonyl (C=O) groups excluding carboxylic acids is 1. The Hall–Kier alpha value is -3.69. The fourth-order valence-corrected chi connectivity index (χ4v) is 4.06. The number of amides is 1. The quantitative estimate of drug-likeness (QED) is 0.521. The van der Waals surface area contributed by atoms with Crippen LogP contribution >= 0.6 is 0 Å². The number of likely N-dealkylation sites (tertiary alicyclic amines) is 1. The van der Waals surface area contributed by atoms with Crippen molar-refractivity contribution in [2.45, 2.75) is 25.4 Å². The van der Waals surface area contributed by atoms with Crippen molar-refractivity contribution < 1.29 is 18.0 Å². The zero-order chi connectivity index (χ0) is 22.5. The number of carbonyl (C=O) groups is 1. The highest BCUT2D eigenvalue weighted by molar-refractivity contribution is 5.93. The normalized spacial score (nSPS) is 16.8. The maximum Gasteiger partial charge on any atom is 0.433 e. The smallest absolute Gasteiger partial charge is 0.337 e. The van der Waals surface area contributed by atoms with Crippen LogP contribution in [0.5, 0.6) is 0 Å². The number of hydrogen-bond acceptors (Lipinski definition) is 4. The molecule has 7 nitrogen and oxygen atoms in total. The van der Waals surface area contributed by atoms with Crippen molar-refractivity contribution in [1.29, 1.82) is 0 Å². The molecular formula is C22H19F3N6O. The van der Waals surface area contributed by atoms with E-state index in [1.54, 1.807) is 17.0 Å². The molecule has 1 aliphatic rings. The Morgan fingerprint density at radius 1 is 1.16 bits per heavy atom. The van der Waals surface area contributed by atoms with Gasteiger partial charge in [-0.1, -0.05) is 30.3 Å². The molecule has 0 radical (unpaired) electrons. The third-order valence-electron chi connectivity index (χ3n) is 5.64. The Labute approximate surface area is 180 Å². The molecule has 1 saturated heterocycles. The van der Waals surface area contributed by atoms with E-state index in [9.17, 15) is 18.0 Å². The van der Waals surface area contributed by atoms with Gasteiger partial charge in [0, 0.05) is 36.3 Å². The van der Waals surface area contributed by atoms with E-state index < -0.39 is 11.9 Å². The molecule has 1 aliphatic heterocycles. The summed E-state index contributed by atoms with van der Waals surface area (Å²) in [5, 5.41) is 11.2. The number of halogens is 3. The van der Waals surface area contributed by atoms with Crippen LogP contribution in [-0.2, 0) is 6.18 Å². The highest BCUT2D eigenvalue weighted by Crippen LogP contribution is 2.32. The molecule has 1 fully saturated rings. The van der Waals surface area contributed by atoms with Crippen LogP contribution in [0.2, 0.25) is 0 Å². The van der Waals surface area contributed by atoms with Gasteiger partial charge in [-0.15, -0.1) is 0 Å². The molecule has 1 amide bonds. The molecule has 1 N–H and O–H groups in total. The highest BCUT2D eigenvalue weighted by Gasteiger charge is 2.36. The second-order valence-corrected chi connectivity index (χ2v) is 7.89. The van der Waals surface area contributed by atoms with Crippen molar-refractivity contribution in [3.63, 3.8) is 0 Å². The Kier molecular flexibility index (Phi) is 4.72. The van der Waals surface area contributed by atoms with E-state index in [1.807, 2.05) is 30.3 Å². The molecule has 4 heterocycles. The molecule has 4 aromatic rings. The summed E-state index contributed by atoms with van der Waals surface area (Å²) in [6.45, 7) is 2.37. The lowest BCUT2D eigenvalue weighted by Crippen LogP contribution is -2.28. The van der Waals surface area contributed by atoms with E-state index in [2.05, 4.69) is 20.3 Å². The summed E-state index contributed by atoms with van der Waals surface area (Å²) in [6.07, 6.45) is -3.93. The SMILES string of the molecule is Cc1cc(C(F)(F)F)n2nc([C@H]3CCN(C(=O)c4cc(-c5ccccc5)n[nH]4)C3)cc2n1. The van der Waals surface area contributed by atoms with Crippen LogP contribution in [0, 0.1) is 6.92 Å². The minimum atomic E-state index is -4.54. The van der Waals surface area contributed by atoms with Gasteiger partial charge in [0.25, 0.3) is 5.91 Å². The highest BCUT2D eigenvalue weighted by atomic mass is 19.4. The third kappa shape index (κ3) is 3.61. The maximum absolute atomic E-state index is 13.4. The van der Waals surface area contributed by atoms with Gasteiger partial charge in [-0.3, -0.25) is 9.89 Å². The minimum absolute atomic E-state index is 0.151. The number of aryl methyl sites for hydroxylation is 1. The predicted octanol–water partition coefficient (Wildman–Crippen LogP) is 4.08. The Balaban J connectivity index is 1.36. The average molecular weight is 440 g/mol. The summed E-state index contributed by atoms with van der Waals surface area (Å²) in [7, 11) is 0. The van der Waals surface area contributed by atoms with Crippen molar-refractivity contribution in [2.24, 2.45) is 0 Å². The molecule has 1 aromatic carbocycles. The summed E-state index contributed by atoms with van der Waals surface area (Å²) in [5.41, 5.74) is 2.00. The van der Waals surface area contributed by atoms with Gasteiger partial charge in [0.2, 0.25) is 0 Å². The summed E-state index contributed by atoms with van der Waals surface area (Å²) in [4.78, 5) is 18.8. The van der Waals surface area contributed by atoms with E-state index in [4.69, 9.17) is 0 Å². The van der Waals surface area contributed by atoms with E-state index in [0.717, 1.165) is 16.1 Å². The van der Waals surface area contributed by atoms with Crippen LogP contribution in [0.15, 0.2) is 48.5 Å². The van der Waals surface area contributed by atoms with Crippen molar-refractivity contribution in [3.8, 4) is 11.3 Å². The van der Waals surface area contributed by atoms with Gasteiger partial charge in [-0.05, 0) is 25.5 Å². The lowest BCUT2D eigenvalue weighted by Gasteiger charge is -2.14. The fourth-order valence-electron chi connectivity index (χ4n) is 4.06. The lowest BCUT2D eigenvalue weighted by molar-refractivity contribution is -0.142. The maximum atomic E-state index is 13.4. The number of aromatic nitrogens is 5. The van der Waals surface area contributed by atoms with Crippen LogP contribution in [-0.4, -0.2) is 48.7 Å². The Bertz CT molecular complexity index is 1290. The van der Waals surface area contributed by atoms with E-state index in [0.29, 0.717) is 36.6 Å². The molecule has 0 bridgehead atoms. The molecule has 10 heteroatoms. The first-order valence-electron chi connectivity index (χ1n) is 10.1. The Morgan fingerprint density at radius 3 is 2.69 bits per heavy atom. The molecule has 1 atom stereocenters. The number of fused-ring (bicyclic) bond motifs is 1. The van der Waals surface area contributed by atoms with Gasteiger partial charge in [-0.25, -0.2) is 9.50 Å². The van der Waals surface area contributed by atoms with E-state index in [1.165, 1.54) is 6.92 Å². The van der Waals surface area contributed by atoms with Crippen LogP contribution in [0.1, 0.15) is 39.9 Å². The molecule has 5 rings (SSSR count).